The first kappa shape index (κ1) is 12.5. The van der Waals surface area contributed by atoms with Crippen molar-refractivity contribution in [2.24, 2.45) is 5.92 Å². The summed E-state index contributed by atoms with van der Waals surface area (Å²) in [6, 6.07) is 2.95. The molecule has 1 saturated heterocycles. The fourth-order valence-corrected chi connectivity index (χ4v) is 1.73. The van der Waals surface area contributed by atoms with Crippen molar-refractivity contribution in [3.63, 3.8) is 0 Å². The highest BCUT2D eigenvalue weighted by atomic mass is 19.1. The van der Waals surface area contributed by atoms with Gasteiger partial charge in [-0.2, -0.15) is 0 Å². The van der Waals surface area contributed by atoms with Crippen LogP contribution in [0, 0.1) is 17.6 Å². The molecule has 0 spiro atoms. The number of likely N-dealkylation sites (tertiary alicyclic amines) is 1. The SMILES string of the molecule is CC(=O)N1CC(C(=O)Nc2ccc(F)cc2F)C1. The first-order valence-corrected chi connectivity index (χ1v) is 5.49. The van der Waals surface area contributed by atoms with Crippen molar-refractivity contribution in [3.05, 3.63) is 29.8 Å². The topological polar surface area (TPSA) is 49.4 Å². The highest BCUT2D eigenvalue weighted by molar-refractivity contribution is 5.94. The van der Waals surface area contributed by atoms with Gasteiger partial charge >= 0.3 is 0 Å². The molecule has 4 nitrogen and oxygen atoms in total. The number of amides is 2. The molecule has 1 N–H and O–H groups in total. The molecule has 0 aliphatic carbocycles. The van der Waals surface area contributed by atoms with Crippen LogP contribution in [0.3, 0.4) is 0 Å². The average Bonchev–Trinajstić information content (AvgIpc) is 2.19. The third kappa shape index (κ3) is 2.47. The van der Waals surface area contributed by atoms with Crippen LogP contribution in [0.4, 0.5) is 14.5 Å². The number of halogens is 2. The van der Waals surface area contributed by atoms with E-state index in [0.29, 0.717) is 19.2 Å². The number of carbonyl (C=O) groups is 2. The first-order valence-electron chi connectivity index (χ1n) is 5.49. The van der Waals surface area contributed by atoms with Gasteiger partial charge in [-0.1, -0.05) is 0 Å². The van der Waals surface area contributed by atoms with Gasteiger partial charge in [0.25, 0.3) is 0 Å². The Morgan fingerprint density at radius 3 is 2.56 bits per heavy atom. The third-order valence-corrected chi connectivity index (χ3v) is 2.89. The Kier molecular flexibility index (Phi) is 3.27. The number of nitrogens with zero attached hydrogens (tertiary/aromatic N) is 1. The molecule has 0 aromatic heterocycles. The Morgan fingerprint density at radius 2 is 2.00 bits per heavy atom. The van der Waals surface area contributed by atoms with Crippen molar-refractivity contribution >= 4 is 17.5 Å². The number of anilines is 1. The maximum atomic E-state index is 13.3. The molecule has 2 rings (SSSR count). The van der Waals surface area contributed by atoms with Crippen molar-refractivity contribution in [3.8, 4) is 0 Å². The molecule has 0 atom stereocenters. The van der Waals surface area contributed by atoms with Crippen molar-refractivity contribution in [2.75, 3.05) is 18.4 Å². The molecule has 0 saturated carbocycles. The summed E-state index contributed by atoms with van der Waals surface area (Å²) in [7, 11) is 0. The number of hydrogen-bond acceptors (Lipinski definition) is 2. The lowest BCUT2D eigenvalue weighted by molar-refractivity contribution is -0.139. The van der Waals surface area contributed by atoms with Gasteiger partial charge in [0.05, 0.1) is 11.6 Å². The standard InChI is InChI=1S/C12H12F2N2O2/c1-7(17)16-5-8(6-16)12(18)15-11-3-2-9(13)4-10(11)14/h2-4,8H,5-6H2,1H3,(H,15,18). The van der Waals surface area contributed by atoms with E-state index in [4.69, 9.17) is 0 Å². The Balaban J connectivity index is 1.94. The van der Waals surface area contributed by atoms with Gasteiger partial charge in [0.15, 0.2) is 0 Å². The quantitative estimate of drug-likeness (QED) is 0.866. The van der Waals surface area contributed by atoms with Gasteiger partial charge in [-0.15, -0.1) is 0 Å². The Bertz CT molecular complexity index is 499. The summed E-state index contributed by atoms with van der Waals surface area (Å²) in [4.78, 5) is 24.1. The molecule has 6 heteroatoms. The van der Waals surface area contributed by atoms with Crippen LogP contribution in [0.2, 0.25) is 0 Å². The van der Waals surface area contributed by atoms with Crippen LogP contribution >= 0.6 is 0 Å². The second-order valence-electron chi connectivity index (χ2n) is 4.23. The molecule has 18 heavy (non-hydrogen) atoms. The zero-order valence-electron chi connectivity index (χ0n) is 9.74. The van der Waals surface area contributed by atoms with E-state index in [1.807, 2.05) is 0 Å². The molecule has 0 bridgehead atoms. The van der Waals surface area contributed by atoms with Gasteiger partial charge in [0.2, 0.25) is 11.8 Å². The Hall–Kier alpha value is -1.98. The Morgan fingerprint density at radius 1 is 1.33 bits per heavy atom. The highest BCUT2D eigenvalue weighted by Gasteiger charge is 2.34. The fourth-order valence-electron chi connectivity index (χ4n) is 1.73. The van der Waals surface area contributed by atoms with Gasteiger partial charge in [-0.05, 0) is 12.1 Å². The van der Waals surface area contributed by atoms with E-state index in [2.05, 4.69) is 5.32 Å². The summed E-state index contributed by atoms with van der Waals surface area (Å²) >= 11 is 0. The summed E-state index contributed by atoms with van der Waals surface area (Å²) in [5.74, 6) is -2.30. The van der Waals surface area contributed by atoms with Crippen LogP contribution in [0.25, 0.3) is 0 Å². The van der Waals surface area contributed by atoms with E-state index in [0.717, 1.165) is 6.07 Å². The molecule has 1 fully saturated rings. The molecule has 0 unspecified atom stereocenters. The second-order valence-corrected chi connectivity index (χ2v) is 4.23. The predicted octanol–water partition coefficient (Wildman–Crippen LogP) is 1.38. The zero-order chi connectivity index (χ0) is 13.3. The van der Waals surface area contributed by atoms with Gasteiger partial charge in [0.1, 0.15) is 11.6 Å². The van der Waals surface area contributed by atoms with Crippen molar-refractivity contribution in [2.45, 2.75) is 6.92 Å². The fraction of sp³-hybridized carbons (Fsp3) is 0.333. The predicted molar refractivity (Wildman–Crippen MR) is 60.7 cm³/mol. The summed E-state index contributed by atoms with van der Waals surface area (Å²) < 4.78 is 25.9. The number of benzene rings is 1. The molecule has 1 aromatic carbocycles. The van der Waals surface area contributed by atoms with Gasteiger partial charge in [-0.3, -0.25) is 9.59 Å². The van der Waals surface area contributed by atoms with Gasteiger partial charge in [-0.25, -0.2) is 8.78 Å². The summed E-state index contributed by atoms with van der Waals surface area (Å²) in [6.45, 7) is 2.10. The maximum Gasteiger partial charge on any atom is 0.231 e. The molecule has 2 amide bonds. The van der Waals surface area contributed by atoms with E-state index < -0.39 is 11.6 Å². The van der Waals surface area contributed by atoms with E-state index in [1.54, 1.807) is 0 Å². The molecule has 0 radical (unpaired) electrons. The maximum absolute atomic E-state index is 13.3. The summed E-state index contributed by atoms with van der Waals surface area (Å²) in [6.07, 6.45) is 0. The number of carbonyl (C=O) groups excluding carboxylic acids is 2. The van der Waals surface area contributed by atoms with E-state index in [-0.39, 0.29) is 23.4 Å². The van der Waals surface area contributed by atoms with Crippen molar-refractivity contribution < 1.29 is 18.4 Å². The second kappa shape index (κ2) is 4.72. The Labute approximate surface area is 103 Å². The van der Waals surface area contributed by atoms with Gasteiger partial charge < -0.3 is 10.2 Å². The summed E-state index contributed by atoms with van der Waals surface area (Å²) in [5.41, 5.74) is -0.0531. The van der Waals surface area contributed by atoms with Crippen molar-refractivity contribution in [1.29, 1.82) is 0 Å². The minimum Gasteiger partial charge on any atom is -0.341 e. The zero-order valence-corrected chi connectivity index (χ0v) is 9.74. The number of nitrogens with one attached hydrogen (secondary N) is 1. The van der Waals surface area contributed by atoms with Crippen LogP contribution in [0.5, 0.6) is 0 Å². The van der Waals surface area contributed by atoms with Gasteiger partial charge in [0, 0.05) is 26.1 Å². The average molecular weight is 254 g/mol. The molecule has 1 aliphatic heterocycles. The minimum atomic E-state index is -0.814. The largest absolute Gasteiger partial charge is 0.341 e. The van der Waals surface area contributed by atoms with Crippen LogP contribution in [0.15, 0.2) is 18.2 Å². The van der Waals surface area contributed by atoms with Crippen LogP contribution in [-0.2, 0) is 9.59 Å². The van der Waals surface area contributed by atoms with Crippen LogP contribution in [0.1, 0.15) is 6.92 Å². The number of hydrogen-bond donors (Lipinski definition) is 1. The lowest BCUT2D eigenvalue weighted by Gasteiger charge is -2.37. The van der Waals surface area contributed by atoms with E-state index in [9.17, 15) is 18.4 Å². The molecule has 1 heterocycles. The molecular formula is C12H12F2N2O2. The van der Waals surface area contributed by atoms with E-state index in [1.165, 1.54) is 17.9 Å². The summed E-state index contributed by atoms with van der Waals surface area (Å²) in [5, 5.41) is 2.38. The minimum absolute atomic E-state index is 0.0531. The van der Waals surface area contributed by atoms with Crippen molar-refractivity contribution in [1.82, 2.24) is 4.90 Å². The molecule has 1 aromatic rings. The third-order valence-electron chi connectivity index (χ3n) is 2.89. The van der Waals surface area contributed by atoms with E-state index >= 15 is 0 Å². The van der Waals surface area contributed by atoms with Crippen LogP contribution in [-0.4, -0.2) is 29.8 Å². The monoisotopic (exact) mass is 254 g/mol. The normalized spacial score (nSPS) is 15.2. The molecule has 1 aliphatic rings. The molecular weight excluding hydrogens is 242 g/mol. The smallest absolute Gasteiger partial charge is 0.231 e. The molecule has 96 valence electrons. The number of rotatable bonds is 2. The lowest BCUT2D eigenvalue weighted by Crippen LogP contribution is -2.53. The lowest BCUT2D eigenvalue weighted by atomic mass is 9.99. The first-order chi connectivity index (χ1) is 8.47. The highest BCUT2D eigenvalue weighted by Crippen LogP contribution is 2.20. The van der Waals surface area contributed by atoms with Crippen LogP contribution < -0.4 is 5.32 Å².